The number of nitrogens with zero attached hydrogens (tertiary/aromatic N) is 4. The number of aromatic nitrogens is 2. The summed E-state index contributed by atoms with van der Waals surface area (Å²) in [5.41, 5.74) is 6.14. The largest absolute Gasteiger partial charge is 0.508 e. The quantitative estimate of drug-likeness (QED) is 0.114. The number of phenols is 1. The smallest absolute Gasteiger partial charge is 0.269 e. The molecule has 0 radical (unpaired) electrons. The second-order valence-electron chi connectivity index (χ2n) is 10.0. The topological polar surface area (TPSA) is 96.5 Å². The lowest BCUT2D eigenvalue weighted by atomic mass is 9.96. The Bertz CT molecular complexity index is 1760. The van der Waals surface area contributed by atoms with Crippen LogP contribution in [0.3, 0.4) is 0 Å². The molecule has 3 aromatic carbocycles. The lowest BCUT2D eigenvalue weighted by molar-refractivity contribution is -0.384. The van der Waals surface area contributed by atoms with Gasteiger partial charge in [-0.1, -0.05) is 17.8 Å². The first kappa shape index (κ1) is 27.5. The minimum atomic E-state index is -0.396. The fraction of sp³-hybridized carbons (Fsp3) is 0.125. The summed E-state index contributed by atoms with van der Waals surface area (Å²) in [6.07, 6.45) is 1.80. The zero-order chi connectivity index (χ0) is 29.4. The Morgan fingerprint density at radius 2 is 1.57 bits per heavy atom. The van der Waals surface area contributed by atoms with E-state index in [0.29, 0.717) is 5.11 Å². The molecule has 42 heavy (non-hydrogen) atoms. The highest BCUT2D eigenvalue weighted by molar-refractivity contribution is 7.99. The van der Waals surface area contributed by atoms with E-state index in [1.165, 1.54) is 12.1 Å². The highest BCUT2D eigenvalue weighted by Crippen LogP contribution is 2.44. The number of aromatic hydroxyl groups is 1. The van der Waals surface area contributed by atoms with Gasteiger partial charge in [0.05, 0.1) is 22.7 Å². The number of anilines is 1. The van der Waals surface area contributed by atoms with Crippen molar-refractivity contribution in [2.75, 3.05) is 4.90 Å². The van der Waals surface area contributed by atoms with Gasteiger partial charge in [0.2, 0.25) is 0 Å². The van der Waals surface area contributed by atoms with Crippen LogP contribution in [0.1, 0.15) is 34.7 Å². The first-order chi connectivity index (χ1) is 20.3. The summed E-state index contributed by atoms with van der Waals surface area (Å²) in [7, 11) is 0. The second kappa shape index (κ2) is 11.3. The molecule has 0 amide bonds. The van der Waals surface area contributed by atoms with Crippen molar-refractivity contribution in [1.82, 2.24) is 14.9 Å². The van der Waals surface area contributed by atoms with Crippen LogP contribution in [0.15, 0.2) is 113 Å². The summed E-state index contributed by atoms with van der Waals surface area (Å²) in [6.45, 7) is 4.18. The number of phenolic OH excluding ortho intramolecular Hbond substituents is 1. The molecule has 3 heterocycles. The molecule has 1 aliphatic heterocycles. The van der Waals surface area contributed by atoms with E-state index in [-0.39, 0.29) is 23.5 Å². The number of rotatable bonds is 7. The summed E-state index contributed by atoms with van der Waals surface area (Å²) in [5.74, 6) is 0.225. The van der Waals surface area contributed by atoms with Gasteiger partial charge in [0.15, 0.2) is 5.11 Å². The molecule has 5 aromatic rings. The van der Waals surface area contributed by atoms with Gasteiger partial charge in [0, 0.05) is 50.9 Å². The summed E-state index contributed by atoms with van der Waals surface area (Å²) in [6, 6.07) is 29.7. The second-order valence-corrected chi connectivity index (χ2v) is 11.6. The van der Waals surface area contributed by atoms with Crippen molar-refractivity contribution in [1.29, 1.82) is 0 Å². The Labute approximate surface area is 252 Å². The standard InChI is InChI=1S/C32H27N5O3S2/c1-20-19-28(21(2)35(20)22-6-12-25(38)13-7-22)31-30(29-5-3-4-18-33-29)34-32(41)36(31)23-8-14-26(15-9-23)42-27-16-10-24(11-17-27)37(39)40/h3-19,30-31,38H,1-2H3,(H,34,41)/t30-,31-/m1/s1. The number of hydrogen-bond acceptors (Lipinski definition) is 6. The molecule has 0 unspecified atom stereocenters. The van der Waals surface area contributed by atoms with E-state index in [1.54, 1.807) is 42.2 Å². The molecule has 1 fully saturated rings. The number of nitro benzene ring substituents is 1. The van der Waals surface area contributed by atoms with Gasteiger partial charge < -0.3 is 19.9 Å². The van der Waals surface area contributed by atoms with Gasteiger partial charge in [-0.25, -0.2) is 0 Å². The number of nitrogens with one attached hydrogen (secondary N) is 1. The molecular weight excluding hydrogens is 567 g/mol. The number of nitro groups is 1. The maximum Gasteiger partial charge on any atom is 0.269 e. The van der Waals surface area contributed by atoms with E-state index < -0.39 is 4.92 Å². The van der Waals surface area contributed by atoms with Crippen LogP contribution in [0.25, 0.3) is 5.69 Å². The van der Waals surface area contributed by atoms with E-state index in [4.69, 9.17) is 12.2 Å². The Morgan fingerprint density at radius 3 is 2.19 bits per heavy atom. The monoisotopic (exact) mass is 593 g/mol. The third-order valence-electron chi connectivity index (χ3n) is 7.39. The van der Waals surface area contributed by atoms with Gasteiger partial charge >= 0.3 is 0 Å². The maximum absolute atomic E-state index is 11.0. The molecule has 6 rings (SSSR count). The average Bonchev–Trinajstić information content (AvgIpc) is 3.49. The zero-order valence-electron chi connectivity index (χ0n) is 22.8. The van der Waals surface area contributed by atoms with E-state index in [0.717, 1.165) is 43.8 Å². The van der Waals surface area contributed by atoms with Crippen LogP contribution < -0.4 is 10.2 Å². The van der Waals surface area contributed by atoms with Crippen molar-refractivity contribution in [3.8, 4) is 11.4 Å². The van der Waals surface area contributed by atoms with Crippen LogP contribution in [0, 0.1) is 24.0 Å². The first-order valence-corrected chi connectivity index (χ1v) is 14.5. The number of benzene rings is 3. The van der Waals surface area contributed by atoms with Gasteiger partial charge in [-0.05, 0) is 110 Å². The summed E-state index contributed by atoms with van der Waals surface area (Å²) >= 11 is 7.47. The third-order valence-corrected chi connectivity index (χ3v) is 8.72. The number of pyridine rings is 1. The minimum Gasteiger partial charge on any atom is -0.508 e. The SMILES string of the molecule is Cc1cc([C@@H]2[C@@H](c3ccccn3)NC(=S)N2c2ccc(Sc3ccc([N+](=O)[O-])cc3)cc2)c(C)n1-c1ccc(O)cc1. The first-order valence-electron chi connectivity index (χ1n) is 13.3. The summed E-state index contributed by atoms with van der Waals surface area (Å²) < 4.78 is 2.19. The molecule has 0 spiro atoms. The molecule has 8 nitrogen and oxygen atoms in total. The van der Waals surface area contributed by atoms with Crippen molar-refractivity contribution in [3.05, 3.63) is 136 Å². The molecule has 2 aromatic heterocycles. The van der Waals surface area contributed by atoms with Crippen LogP contribution in [0.4, 0.5) is 11.4 Å². The van der Waals surface area contributed by atoms with Gasteiger partial charge in [-0.2, -0.15) is 0 Å². The molecule has 2 atom stereocenters. The maximum atomic E-state index is 11.0. The highest BCUT2D eigenvalue weighted by atomic mass is 32.2. The Hall–Kier alpha value is -4.67. The number of hydrogen-bond donors (Lipinski definition) is 2. The Morgan fingerprint density at radius 1 is 0.929 bits per heavy atom. The van der Waals surface area contributed by atoms with Crippen molar-refractivity contribution < 1.29 is 10.0 Å². The lowest BCUT2D eigenvalue weighted by Crippen LogP contribution is -2.29. The lowest BCUT2D eigenvalue weighted by Gasteiger charge is -2.28. The van der Waals surface area contributed by atoms with E-state index in [2.05, 4.69) is 51.8 Å². The predicted molar refractivity (Wildman–Crippen MR) is 169 cm³/mol. The minimum absolute atomic E-state index is 0.0722. The van der Waals surface area contributed by atoms with Gasteiger partial charge in [0.1, 0.15) is 5.75 Å². The molecule has 10 heteroatoms. The predicted octanol–water partition coefficient (Wildman–Crippen LogP) is 7.43. The summed E-state index contributed by atoms with van der Waals surface area (Å²) in [4.78, 5) is 19.3. The van der Waals surface area contributed by atoms with Gasteiger partial charge in [-0.15, -0.1) is 0 Å². The van der Waals surface area contributed by atoms with Crippen LogP contribution in [-0.2, 0) is 0 Å². The van der Waals surface area contributed by atoms with Crippen LogP contribution in [0.2, 0.25) is 0 Å². The van der Waals surface area contributed by atoms with E-state index in [9.17, 15) is 15.2 Å². The average molecular weight is 594 g/mol. The third kappa shape index (κ3) is 5.22. The fourth-order valence-electron chi connectivity index (χ4n) is 5.48. The zero-order valence-corrected chi connectivity index (χ0v) is 24.5. The molecule has 0 bridgehead atoms. The van der Waals surface area contributed by atoms with Crippen molar-refractivity contribution in [2.24, 2.45) is 0 Å². The van der Waals surface area contributed by atoms with Crippen LogP contribution in [-0.4, -0.2) is 24.7 Å². The molecular formula is C32H27N5O3S2. The highest BCUT2D eigenvalue weighted by Gasteiger charge is 2.42. The van der Waals surface area contributed by atoms with Crippen LogP contribution >= 0.6 is 24.0 Å². The fourth-order valence-corrected chi connectivity index (χ4v) is 6.64. The Kier molecular flexibility index (Phi) is 7.40. The summed E-state index contributed by atoms with van der Waals surface area (Å²) in [5, 5.41) is 25.0. The Balaban J connectivity index is 1.37. The molecule has 210 valence electrons. The number of thiocarbonyl (C=S) groups is 1. The van der Waals surface area contributed by atoms with E-state index >= 15 is 0 Å². The molecule has 1 aliphatic rings. The van der Waals surface area contributed by atoms with Gasteiger partial charge in [-0.3, -0.25) is 15.1 Å². The van der Waals surface area contributed by atoms with Crippen LogP contribution in [0.5, 0.6) is 5.75 Å². The van der Waals surface area contributed by atoms with E-state index in [1.807, 2.05) is 42.5 Å². The normalized spacial score (nSPS) is 16.4. The van der Waals surface area contributed by atoms with Crippen molar-refractivity contribution in [3.63, 3.8) is 0 Å². The molecule has 2 N–H and O–H groups in total. The number of non-ortho nitro benzene ring substituents is 1. The molecule has 0 aliphatic carbocycles. The van der Waals surface area contributed by atoms with Crippen molar-refractivity contribution in [2.45, 2.75) is 35.7 Å². The molecule has 1 saturated heterocycles. The molecule has 0 saturated carbocycles. The number of aryl methyl sites for hydroxylation is 1. The van der Waals surface area contributed by atoms with Crippen molar-refractivity contribution >= 4 is 40.5 Å². The van der Waals surface area contributed by atoms with Gasteiger partial charge in [0.25, 0.3) is 5.69 Å².